The number of pyridine rings is 1. The van der Waals surface area contributed by atoms with Gasteiger partial charge in [-0.2, -0.15) is 5.10 Å². The zero-order valence-electron chi connectivity index (χ0n) is 15.5. The molecule has 0 bridgehead atoms. The van der Waals surface area contributed by atoms with Crippen molar-refractivity contribution in [3.63, 3.8) is 0 Å². The Morgan fingerprint density at radius 2 is 2.04 bits per heavy atom. The summed E-state index contributed by atoms with van der Waals surface area (Å²) >= 11 is 0. The predicted octanol–water partition coefficient (Wildman–Crippen LogP) is 2.44. The summed E-state index contributed by atoms with van der Waals surface area (Å²) in [6.45, 7) is 2.15. The smallest absolute Gasteiger partial charge is 0.341 e. The van der Waals surface area contributed by atoms with Gasteiger partial charge in [-0.3, -0.25) is 9.69 Å². The Labute approximate surface area is 161 Å². The van der Waals surface area contributed by atoms with Gasteiger partial charge in [-0.15, -0.1) is 0 Å². The third-order valence-corrected chi connectivity index (χ3v) is 5.25. The van der Waals surface area contributed by atoms with E-state index in [4.69, 9.17) is 4.74 Å². The van der Waals surface area contributed by atoms with Crippen molar-refractivity contribution in [1.82, 2.24) is 19.7 Å². The van der Waals surface area contributed by atoms with Crippen LogP contribution in [0, 0.1) is 5.82 Å². The zero-order valence-corrected chi connectivity index (χ0v) is 15.5. The molecule has 3 heterocycles. The van der Waals surface area contributed by atoms with Gasteiger partial charge in [0.2, 0.25) is 0 Å². The Balaban J connectivity index is 1.78. The first-order chi connectivity index (χ1) is 13.6. The molecule has 0 amide bonds. The number of halogens is 1. The van der Waals surface area contributed by atoms with Gasteiger partial charge < -0.3 is 9.30 Å². The fourth-order valence-corrected chi connectivity index (χ4v) is 3.86. The largest absolute Gasteiger partial charge is 0.465 e. The molecular formula is C20H21FN4O3. The lowest BCUT2D eigenvalue weighted by Gasteiger charge is -2.29. The number of H-pyrrole nitrogens is 1. The summed E-state index contributed by atoms with van der Waals surface area (Å²) < 4.78 is 21.1. The molecule has 1 fully saturated rings. The number of carbonyl (C=O) groups is 1. The maximum atomic E-state index is 14.6. The van der Waals surface area contributed by atoms with E-state index in [2.05, 4.69) is 15.1 Å². The van der Waals surface area contributed by atoms with Gasteiger partial charge in [0.1, 0.15) is 17.1 Å². The van der Waals surface area contributed by atoms with E-state index in [9.17, 15) is 14.0 Å². The minimum atomic E-state index is -0.575. The number of carbonyl (C=O) groups excluding carboxylic acids is 1. The Morgan fingerprint density at radius 1 is 1.29 bits per heavy atom. The van der Waals surface area contributed by atoms with Crippen molar-refractivity contribution in [2.45, 2.75) is 25.4 Å². The number of nitrogens with one attached hydrogen (secondary N) is 1. The first kappa shape index (κ1) is 18.4. The number of likely N-dealkylation sites (tertiary alicyclic amines) is 1. The maximum absolute atomic E-state index is 14.6. The minimum absolute atomic E-state index is 0.201. The highest BCUT2D eigenvalue weighted by atomic mass is 19.1. The van der Waals surface area contributed by atoms with Crippen LogP contribution in [0.4, 0.5) is 4.39 Å². The van der Waals surface area contributed by atoms with Crippen molar-refractivity contribution in [2.75, 3.05) is 20.2 Å². The van der Waals surface area contributed by atoms with Crippen molar-refractivity contribution in [2.24, 2.45) is 0 Å². The van der Waals surface area contributed by atoms with Gasteiger partial charge in [-0.1, -0.05) is 18.2 Å². The number of methoxy groups -OCH3 is 1. The molecule has 3 aliphatic rings. The van der Waals surface area contributed by atoms with Crippen LogP contribution in [-0.2, 0) is 11.3 Å². The lowest BCUT2D eigenvalue weighted by molar-refractivity contribution is 0.0600. The molecule has 1 saturated heterocycles. The molecule has 1 unspecified atom stereocenters. The molecule has 1 aromatic carbocycles. The summed E-state index contributed by atoms with van der Waals surface area (Å²) in [6.07, 6.45) is 5.39. The molecule has 1 atom stereocenters. The van der Waals surface area contributed by atoms with Gasteiger partial charge >= 0.3 is 5.97 Å². The highest BCUT2D eigenvalue weighted by Gasteiger charge is 2.28. The summed E-state index contributed by atoms with van der Waals surface area (Å²) in [7, 11) is 1.28. The van der Waals surface area contributed by atoms with Gasteiger partial charge in [0.15, 0.2) is 0 Å². The highest BCUT2D eigenvalue weighted by Crippen LogP contribution is 2.30. The Bertz CT molecular complexity index is 1020. The van der Waals surface area contributed by atoms with Gasteiger partial charge in [0, 0.05) is 24.5 Å². The normalized spacial score (nSPS) is 15.8. The van der Waals surface area contributed by atoms with Crippen molar-refractivity contribution >= 4 is 5.97 Å². The number of esters is 1. The van der Waals surface area contributed by atoms with E-state index in [1.807, 2.05) is 6.07 Å². The van der Waals surface area contributed by atoms with Crippen molar-refractivity contribution in [1.29, 1.82) is 0 Å². The minimum Gasteiger partial charge on any atom is -0.465 e. The molecule has 28 heavy (non-hydrogen) atoms. The van der Waals surface area contributed by atoms with Crippen LogP contribution in [0.1, 0.15) is 34.8 Å². The molecular weight excluding hydrogens is 363 g/mol. The van der Waals surface area contributed by atoms with Crippen LogP contribution in [0.2, 0.25) is 0 Å². The molecule has 3 aliphatic heterocycles. The van der Waals surface area contributed by atoms with E-state index < -0.39 is 5.97 Å². The number of fused-ring (bicyclic) bond motifs is 1. The average molecular weight is 384 g/mol. The average Bonchev–Trinajstić information content (AvgIpc) is 3.36. The lowest BCUT2D eigenvalue weighted by Crippen LogP contribution is -2.30. The number of ether oxygens (including phenoxy) is 1. The number of aromatic amines is 1. The van der Waals surface area contributed by atoms with Gasteiger partial charge in [-0.05, 0) is 32.0 Å². The summed E-state index contributed by atoms with van der Waals surface area (Å²) in [5.74, 6) is -0.837. The summed E-state index contributed by atoms with van der Waals surface area (Å²) in [6, 6.07) is 6.52. The van der Waals surface area contributed by atoms with Crippen molar-refractivity contribution in [3.05, 3.63) is 64.0 Å². The van der Waals surface area contributed by atoms with Crippen LogP contribution < -0.4 is 5.56 Å². The second-order valence-electron chi connectivity index (χ2n) is 6.96. The second kappa shape index (κ2) is 7.55. The summed E-state index contributed by atoms with van der Waals surface area (Å²) in [5.41, 5.74) is 1.00. The van der Waals surface area contributed by atoms with Gasteiger partial charge in [-0.25, -0.2) is 14.3 Å². The first-order valence-corrected chi connectivity index (χ1v) is 9.23. The molecule has 0 saturated carbocycles. The van der Waals surface area contributed by atoms with E-state index in [0.29, 0.717) is 17.7 Å². The Kier molecular flexibility index (Phi) is 4.95. The quantitative estimate of drug-likeness (QED) is 0.684. The molecule has 146 valence electrons. The van der Waals surface area contributed by atoms with Crippen molar-refractivity contribution in [3.8, 4) is 11.3 Å². The predicted molar refractivity (Wildman–Crippen MR) is 101 cm³/mol. The monoisotopic (exact) mass is 384 g/mol. The summed E-state index contributed by atoms with van der Waals surface area (Å²) in [4.78, 5) is 26.5. The molecule has 0 aliphatic carbocycles. The van der Waals surface area contributed by atoms with Crippen molar-refractivity contribution < 1.29 is 13.9 Å². The molecule has 0 spiro atoms. The fraction of sp³-hybridized carbons (Fsp3) is 0.350. The molecule has 1 aromatic rings. The molecule has 1 N–H and O–H groups in total. The van der Waals surface area contributed by atoms with Crippen LogP contribution in [-0.4, -0.2) is 45.8 Å². The molecule has 0 radical (unpaired) electrons. The molecule has 8 heteroatoms. The van der Waals surface area contributed by atoms with E-state index in [0.717, 1.165) is 25.9 Å². The Hall–Kier alpha value is -3.00. The SMILES string of the molecule is COC(=O)c1cn(CC(c2ccccc2F)N2CCCC2)cc2c(=O)[nH]nc1-2. The third-order valence-electron chi connectivity index (χ3n) is 5.25. The fourth-order valence-electron chi connectivity index (χ4n) is 3.86. The highest BCUT2D eigenvalue weighted by molar-refractivity contribution is 5.95. The molecule has 4 rings (SSSR count). The standard InChI is InChI=1S/C20H21FN4O3/c1-28-20(27)15-11-24(10-14-18(15)22-23-19(14)26)12-17(25-8-4-5-9-25)13-6-2-3-7-16(13)21/h2-3,6-7,10-11,17H,4-5,8-9,12H2,1H3,(H,23,26). The van der Waals surface area contributed by atoms with E-state index in [1.54, 1.807) is 29.1 Å². The van der Waals surface area contributed by atoms with E-state index in [-0.39, 0.29) is 28.7 Å². The zero-order chi connectivity index (χ0) is 19.7. The number of aromatic nitrogens is 3. The van der Waals surface area contributed by atoms with Crippen LogP contribution in [0.25, 0.3) is 11.3 Å². The van der Waals surface area contributed by atoms with E-state index in [1.165, 1.54) is 13.2 Å². The second-order valence-corrected chi connectivity index (χ2v) is 6.96. The Morgan fingerprint density at radius 3 is 2.75 bits per heavy atom. The topological polar surface area (TPSA) is 80.2 Å². The van der Waals surface area contributed by atoms with Crippen LogP contribution in [0.5, 0.6) is 0 Å². The number of rotatable bonds is 5. The van der Waals surface area contributed by atoms with Crippen LogP contribution in [0.3, 0.4) is 0 Å². The first-order valence-electron chi connectivity index (χ1n) is 9.23. The van der Waals surface area contributed by atoms with E-state index >= 15 is 0 Å². The van der Waals surface area contributed by atoms with Gasteiger partial charge in [0.05, 0.1) is 18.7 Å². The van der Waals surface area contributed by atoms with Crippen LogP contribution >= 0.6 is 0 Å². The molecule has 7 nitrogen and oxygen atoms in total. The third kappa shape index (κ3) is 3.31. The maximum Gasteiger partial charge on any atom is 0.341 e. The summed E-state index contributed by atoms with van der Waals surface area (Å²) in [5, 5.41) is 6.31. The number of nitrogens with zero attached hydrogens (tertiary/aromatic N) is 3. The number of hydrogen-bond donors (Lipinski definition) is 1. The number of hydrogen-bond acceptors (Lipinski definition) is 5. The number of benzene rings is 1. The van der Waals surface area contributed by atoms with Crippen LogP contribution in [0.15, 0.2) is 41.5 Å². The lowest BCUT2D eigenvalue weighted by atomic mass is 10.0. The van der Waals surface area contributed by atoms with Gasteiger partial charge in [0.25, 0.3) is 5.56 Å². The molecule has 0 aromatic heterocycles.